The summed E-state index contributed by atoms with van der Waals surface area (Å²) in [6, 6.07) is 7.96. The molecule has 5 nitrogen and oxygen atoms in total. The third-order valence-electron chi connectivity index (χ3n) is 5.00. The highest BCUT2D eigenvalue weighted by Gasteiger charge is 2.38. The Balaban J connectivity index is 1.71. The molecule has 5 heteroatoms. The lowest BCUT2D eigenvalue weighted by atomic mass is 9.79. The molecule has 0 spiro atoms. The summed E-state index contributed by atoms with van der Waals surface area (Å²) in [5.74, 6) is -0.00189. The molecule has 2 aromatic rings. The molecule has 1 fully saturated rings. The average molecular weight is 354 g/mol. The van der Waals surface area contributed by atoms with Crippen molar-refractivity contribution in [2.45, 2.75) is 64.6 Å². The summed E-state index contributed by atoms with van der Waals surface area (Å²) in [5.41, 5.74) is 3.90. The van der Waals surface area contributed by atoms with Gasteiger partial charge in [-0.25, -0.2) is 0 Å². The Kier molecular flexibility index (Phi) is 4.69. The summed E-state index contributed by atoms with van der Waals surface area (Å²) in [6.07, 6.45) is 3.86. The van der Waals surface area contributed by atoms with Crippen LogP contribution in [0.25, 0.3) is 11.1 Å². The van der Waals surface area contributed by atoms with Crippen LogP contribution in [0.3, 0.4) is 0 Å². The van der Waals surface area contributed by atoms with Crippen molar-refractivity contribution in [3.05, 3.63) is 41.7 Å². The maximum Gasteiger partial charge on any atom is 0.251 e. The Morgan fingerprint density at radius 1 is 1.15 bits per heavy atom. The first kappa shape index (κ1) is 18.6. The maximum atomic E-state index is 12.7. The molecule has 1 aromatic heterocycles. The molecule has 1 saturated heterocycles. The Bertz CT molecular complexity index is 786. The van der Waals surface area contributed by atoms with Gasteiger partial charge in [-0.3, -0.25) is 9.48 Å². The minimum Gasteiger partial charge on any atom is -0.349 e. The summed E-state index contributed by atoms with van der Waals surface area (Å²) in [5, 5.41) is 11.3. The number of hydrogen-bond acceptors (Lipinski definition) is 3. The number of nitrogens with zero attached hydrogens (tertiary/aromatic N) is 2. The second kappa shape index (κ2) is 6.54. The van der Waals surface area contributed by atoms with Crippen LogP contribution in [0.2, 0.25) is 0 Å². The van der Waals surface area contributed by atoms with E-state index in [4.69, 9.17) is 0 Å². The highest BCUT2D eigenvalue weighted by molar-refractivity contribution is 5.95. The quantitative estimate of drug-likeness (QED) is 0.888. The van der Waals surface area contributed by atoms with Gasteiger partial charge >= 0.3 is 0 Å². The van der Waals surface area contributed by atoms with E-state index in [0.717, 1.165) is 29.7 Å². The predicted octanol–water partition coefficient (Wildman–Crippen LogP) is 3.43. The van der Waals surface area contributed by atoms with Crippen molar-refractivity contribution in [3.8, 4) is 11.1 Å². The largest absolute Gasteiger partial charge is 0.349 e. The van der Waals surface area contributed by atoms with Gasteiger partial charge in [0.1, 0.15) is 0 Å². The van der Waals surface area contributed by atoms with Crippen molar-refractivity contribution in [3.63, 3.8) is 0 Å². The van der Waals surface area contributed by atoms with Crippen LogP contribution in [0.15, 0.2) is 30.5 Å². The van der Waals surface area contributed by atoms with Crippen LogP contribution in [0.5, 0.6) is 0 Å². The summed E-state index contributed by atoms with van der Waals surface area (Å²) in [6.45, 7) is 10.8. The molecular formula is C21H30N4O. The van der Waals surface area contributed by atoms with Crippen LogP contribution in [-0.2, 0) is 7.05 Å². The highest BCUT2D eigenvalue weighted by Crippen LogP contribution is 2.29. The van der Waals surface area contributed by atoms with E-state index in [9.17, 15) is 4.79 Å². The number of carbonyl (C=O) groups excluding carboxylic acids is 1. The summed E-state index contributed by atoms with van der Waals surface area (Å²) in [7, 11) is 1.92. The Morgan fingerprint density at radius 3 is 2.23 bits per heavy atom. The predicted molar refractivity (Wildman–Crippen MR) is 105 cm³/mol. The molecule has 26 heavy (non-hydrogen) atoms. The van der Waals surface area contributed by atoms with Crippen molar-refractivity contribution >= 4 is 5.91 Å². The summed E-state index contributed by atoms with van der Waals surface area (Å²) < 4.78 is 1.81. The topological polar surface area (TPSA) is 59.0 Å². The third kappa shape index (κ3) is 4.15. The number of amides is 1. The second-order valence-electron chi connectivity index (χ2n) is 8.85. The van der Waals surface area contributed by atoms with E-state index in [0.29, 0.717) is 5.56 Å². The third-order valence-corrected chi connectivity index (χ3v) is 5.00. The molecule has 2 N–H and O–H groups in total. The summed E-state index contributed by atoms with van der Waals surface area (Å²) >= 11 is 0. The minimum atomic E-state index is -0.00189. The summed E-state index contributed by atoms with van der Waals surface area (Å²) in [4.78, 5) is 12.7. The van der Waals surface area contributed by atoms with E-state index in [-0.39, 0.29) is 23.0 Å². The van der Waals surface area contributed by atoms with Crippen molar-refractivity contribution in [1.29, 1.82) is 0 Å². The Labute approximate surface area is 156 Å². The van der Waals surface area contributed by atoms with Crippen molar-refractivity contribution in [1.82, 2.24) is 20.4 Å². The van der Waals surface area contributed by atoms with E-state index in [2.05, 4.69) is 43.4 Å². The van der Waals surface area contributed by atoms with Gasteiger partial charge in [0, 0.05) is 41.5 Å². The van der Waals surface area contributed by atoms with E-state index in [1.807, 2.05) is 49.1 Å². The first-order valence-corrected chi connectivity index (χ1v) is 9.26. The fraction of sp³-hybridized carbons (Fsp3) is 0.524. The number of piperidine rings is 1. The van der Waals surface area contributed by atoms with Crippen LogP contribution in [-0.4, -0.2) is 32.8 Å². The lowest BCUT2D eigenvalue weighted by molar-refractivity contribution is 0.0873. The van der Waals surface area contributed by atoms with Gasteiger partial charge in [-0.1, -0.05) is 12.1 Å². The van der Waals surface area contributed by atoms with Gasteiger partial charge in [-0.05, 0) is 65.2 Å². The van der Waals surface area contributed by atoms with Crippen LogP contribution in [0.4, 0.5) is 0 Å². The molecule has 0 unspecified atom stereocenters. The fourth-order valence-electron chi connectivity index (χ4n) is 4.38. The molecule has 0 bridgehead atoms. The number of nitrogens with one attached hydrogen (secondary N) is 2. The zero-order valence-corrected chi connectivity index (χ0v) is 16.7. The van der Waals surface area contributed by atoms with Crippen LogP contribution in [0, 0.1) is 6.92 Å². The number of aryl methyl sites for hydroxylation is 2. The van der Waals surface area contributed by atoms with Gasteiger partial charge in [-0.2, -0.15) is 5.10 Å². The van der Waals surface area contributed by atoms with Gasteiger partial charge in [0.15, 0.2) is 0 Å². The molecule has 0 aliphatic carbocycles. The number of benzene rings is 1. The number of carbonyl (C=O) groups is 1. The zero-order valence-electron chi connectivity index (χ0n) is 16.7. The van der Waals surface area contributed by atoms with E-state index in [1.165, 1.54) is 0 Å². The van der Waals surface area contributed by atoms with Crippen LogP contribution >= 0.6 is 0 Å². The second-order valence-corrected chi connectivity index (χ2v) is 8.85. The SMILES string of the molecule is Cc1nn(C)cc1-c1ccc(C(=O)NC2CC(C)(C)NC(C)(C)C2)cc1. The van der Waals surface area contributed by atoms with E-state index in [1.54, 1.807) is 0 Å². The molecule has 1 aliphatic heterocycles. The molecule has 0 saturated carbocycles. The Hall–Kier alpha value is -2.14. The molecule has 1 aliphatic rings. The number of aromatic nitrogens is 2. The fourth-order valence-corrected chi connectivity index (χ4v) is 4.38. The van der Waals surface area contributed by atoms with Crippen LogP contribution in [0.1, 0.15) is 56.6 Å². The molecule has 0 atom stereocenters. The van der Waals surface area contributed by atoms with E-state index >= 15 is 0 Å². The molecule has 1 aromatic carbocycles. The van der Waals surface area contributed by atoms with Crippen molar-refractivity contribution in [2.24, 2.45) is 7.05 Å². The molecule has 140 valence electrons. The molecule has 2 heterocycles. The first-order valence-electron chi connectivity index (χ1n) is 9.26. The zero-order chi connectivity index (χ0) is 19.1. The van der Waals surface area contributed by atoms with Gasteiger partial charge < -0.3 is 10.6 Å². The van der Waals surface area contributed by atoms with Gasteiger partial charge in [0.25, 0.3) is 5.91 Å². The van der Waals surface area contributed by atoms with Crippen LogP contribution < -0.4 is 10.6 Å². The maximum absolute atomic E-state index is 12.7. The number of rotatable bonds is 3. The normalized spacial score (nSPS) is 19.3. The van der Waals surface area contributed by atoms with Gasteiger partial charge in [0.05, 0.1) is 5.69 Å². The van der Waals surface area contributed by atoms with E-state index < -0.39 is 0 Å². The molecular weight excluding hydrogens is 324 g/mol. The van der Waals surface area contributed by atoms with Crippen molar-refractivity contribution < 1.29 is 4.79 Å². The lowest BCUT2D eigenvalue weighted by Crippen LogP contribution is -2.62. The van der Waals surface area contributed by atoms with Gasteiger partial charge in [-0.15, -0.1) is 0 Å². The average Bonchev–Trinajstić information content (AvgIpc) is 2.82. The smallest absolute Gasteiger partial charge is 0.251 e. The lowest BCUT2D eigenvalue weighted by Gasteiger charge is -2.46. The minimum absolute atomic E-state index is 0.00189. The van der Waals surface area contributed by atoms with Crippen molar-refractivity contribution in [2.75, 3.05) is 0 Å². The monoisotopic (exact) mass is 354 g/mol. The highest BCUT2D eigenvalue weighted by atomic mass is 16.1. The molecule has 3 rings (SSSR count). The van der Waals surface area contributed by atoms with Gasteiger partial charge in [0.2, 0.25) is 0 Å². The first-order chi connectivity index (χ1) is 12.0. The molecule has 0 radical (unpaired) electrons. The standard InChI is InChI=1S/C21H30N4O/c1-14-18(13-25(6)23-14)15-7-9-16(10-8-15)19(26)22-17-11-20(2,3)24-21(4,5)12-17/h7-10,13,17,24H,11-12H2,1-6H3,(H,22,26). The number of hydrogen-bond donors (Lipinski definition) is 2. The Morgan fingerprint density at radius 2 is 1.73 bits per heavy atom. The molecule has 1 amide bonds.